The highest BCUT2D eigenvalue weighted by molar-refractivity contribution is 5.95. The van der Waals surface area contributed by atoms with Gasteiger partial charge in [-0.25, -0.2) is 4.52 Å². The summed E-state index contributed by atoms with van der Waals surface area (Å²) in [7, 11) is 0. The van der Waals surface area contributed by atoms with Crippen molar-refractivity contribution in [1.82, 2.24) is 24.7 Å². The van der Waals surface area contributed by atoms with E-state index in [1.54, 1.807) is 10.7 Å². The summed E-state index contributed by atoms with van der Waals surface area (Å²) in [6.45, 7) is 5.64. The van der Waals surface area contributed by atoms with Crippen molar-refractivity contribution in [3.63, 3.8) is 0 Å². The number of piperidine rings is 1. The van der Waals surface area contributed by atoms with Crippen LogP contribution in [0.5, 0.6) is 0 Å². The Kier molecular flexibility index (Phi) is 4.44. The van der Waals surface area contributed by atoms with Crippen LogP contribution in [0.25, 0.3) is 5.52 Å². The fraction of sp³-hybridized carbons (Fsp3) is 0.474. The molecular weight excluding hydrogens is 330 g/mol. The minimum absolute atomic E-state index is 0.0420. The van der Waals surface area contributed by atoms with Gasteiger partial charge in [-0.3, -0.25) is 4.79 Å². The number of nitrogens with zero attached hydrogens (tertiary/aromatic N) is 5. The number of likely N-dealkylation sites (tertiary alicyclic amines) is 1. The molecule has 136 valence electrons. The third-order valence-electron chi connectivity index (χ3n) is 4.78. The number of pyridine rings is 1. The number of hydrogen-bond acceptors (Lipinski definition) is 5. The third-order valence-corrected chi connectivity index (χ3v) is 4.78. The molecule has 4 heterocycles. The zero-order chi connectivity index (χ0) is 18.1. The number of rotatable bonds is 4. The summed E-state index contributed by atoms with van der Waals surface area (Å²) in [6.07, 6.45) is 6.26. The Morgan fingerprint density at radius 3 is 3.12 bits per heavy atom. The summed E-state index contributed by atoms with van der Waals surface area (Å²) in [5.74, 6) is 2.05. The van der Waals surface area contributed by atoms with Crippen molar-refractivity contribution in [2.24, 2.45) is 5.92 Å². The van der Waals surface area contributed by atoms with E-state index in [0.29, 0.717) is 23.9 Å². The van der Waals surface area contributed by atoms with Crippen LogP contribution in [0.3, 0.4) is 0 Å². The topological polar surface area (TPSA) is 76.5 Å². The molecule has 1 fully saturated rings. The second-order valence-corrected chi connectivity index (χ2v) is 7.35. The molecule has 4 rings (SSSR count). The zero-order valence-corrected chi connectivity index (χ0v) is 15.1. The maximum absolute atomic E-state index is 12.9. The smallest absolute Gasteiger partial charge is 0.254 e. The molecule has 3 aromatic rings. The molecule has 1 unspecified atom stereocenters. The lowest BCUT2D eigenvalue weighted by molar-refractivity contribution is 0.0695. The van der Waals surface area contributed by atoms with Crippen molar-refractivity contribution < 1.29 is 9.32 Å². The molecule has 1 amide bonds. The first-order chi connectivity index (χ1) is 12.6. The van der Waals surface area contributed by atoms with E-state index in [-0.39, 0.29) is 11.8 Å². The predicted molar refractivity (Wildman–Crippen MR) is 95.9 cm³/mol. The van der Waals surface area contributed by atoms with Gasteiger partial charge in [-0.1, -0.05) is 19.0 Å². The van der Waals surface area contributed by atoms with Gasteiger partial charge in [0, 0.05) is 37.5 Å². The Morgan fingerprint density at radius 2 is 2.27 bits per heavy atom. The van der Waals surface area contributed by atoms with Crippen LogP contribution in [-0.2, 0) is 6.42 Å². The van der Waals surface area contributed by atoms with Crippen LogP contribution in [0.4, 0.5) is 0 Å². The first-order valence-corrected chi connectivity index (χ1v) is 9.15. The molecule has 0 saturated carbocycles. The molecule has 0 spiro atoms. The number of fused-ring (bicyclic) bond motifs is 1. The average Bonchev–Trinajstić information content (AvgIpc) is 3.29. The number of carbonyl (C=O) groups is 1. The van der Waals surface area contributed by atoms with Gasteiger partial charge in [0.15, 0.2) is 5.82 Å². The number of aromatic nitrogens is 4. The first-order valence-electron chi connectivity index (χ1n) is 9.15. The number of carbonyl (C=O) groups excluding carboxylic acids is 1. The van der Waals surface area contributed by atoms with Crippen molar-refractivity contribution in [3.05, 3.63) is 47.9 Å². The summed E-state index contributed by atoms with van der Waals surface area (Å²) >= 11 is 0. The third kappa shape index (κ3) is 3.34. The van der Waals surface area contributed by atoms with Gasteiger partial charge in [0.2, 0.25) is 5.89 Å². The van der Waals surface area contributed by atoms with E-state index in [1.807, 2.05) is 29.3 Å². The highest BCUT2D eigenvalue weighted by atomic mass is 16.5. The van der Waals surface area contributed by atoms with Gasteiger partial charge in [0.05, 0.1) is 11.4 Å². The second-order valence-electron chi connectivity index (χ2n) is 7.35. The molecule has 0 aromatic carbocycles. The summed E-state index contributed by atoms with van der Waals surface area (Å²) in [6, 6.07) is 5.59. The maximum atomic E-state index is 12.9. The Bertz CT molecular complexity index is 913. The van der Waals surface area contributed by atoms with Gasteiger partial charge in [0.1, 0.15) is 0 Å². The largest absolute Gasteiger partial charge is 0.339 e. The number of hydrogen-bond donors (Lipinski definition) is 0. The normalized spacial score (nSPS) is 18.0. The molecule has 1 saturated heterocycles. The molecule has 26 heavy (non-hydrogen) atoms. The van der Waals surface area contributed by atoms with Crippen LogP contribution < -0.4 is 0 Å². The average molecular weight is 353 g/mol. The van der Waals surface area contributed by atoms with E-state index >= 15 is 0 Å². The quantitative estimate of drug-likeness (QED) is 0.721. The van der Waals surface area contributed by atoms with Gasteiger partial charge in [-0.15, -0.1) is 0 Å². The summed E-state index contributed by atoms with van der Waals surface area (Å²) in [5, 5.41) is 8.26. The van der Waals surface area contributed by atoms with Gasteiger partial charge in [0.25, 0.3) is 5.91 Å². The lowest BCUT2D eigenvalue weighted by atomic mass is 9.97. The Balaban J connectivity index is 1.48. The lowest BCUT2D eigenvalue weighted by Gasteiger charge is -2.31. The molecule has 7 nitrogen and oxygen atoms in total. The standard InChI is InChI=1S/C19H23N5O2/c1-13(2)10-17-21-18(26-22-17)15-4-3-8-23(12-15)19(25)14-6-9-24-16(11-14)5-7-20-24/h5-7,9,11,13,15H,3-4,8,10,12H2,1-2H3. The minimum Gasteiger partial charge on any atom is -0.339 e. The Hall–Kier alpha value is -2.70. The summed E-state index contributed by atoms with van der Waals surface area (Å²) < 4.78 is 7.23. The van der Waals surface area contributed by atoms with Gasteiger partial charge in [-0.2, -0.15) is 10.1 Å². The van der Waals surface area contributed by atoms with Crippen LogP contribution in [-0.4, -0.2) is 43.7 Å². The highest BCUT2D eigenvalue weighted by Gasteiger charge is 2.29. The fourth-order valence-electron chi connectivity index (χ4n) is 3.48. The van der Waals surface area contributed by atoms with Crippen molar-refractivity contribution in [2.75, 3.05) is 13.1 Å². The van der Waals surface area contributed by atoms with Gasteiger partial charge in [-0.05, 0) is 37.0 Å². The SMILES string of the molecule is CC(C)Cc1noc(C2CCCN(C(=O)c3ccn4nccc4c3)C2)n1. The minimum atomic E-state index is 0.0420. The van der Waals surface area contributed by atoms with Gasteiger partial charge >= 0.3 is 0 Å². The predicted octanol–water partition coefficient (Wildman–Crippen LogP) is 2.94. The van der Waals surface area contributed by atoms with E-state index in [9.17, 15) is 4.79 Å². The van der Waals surface area contributed by atoms with Crippen molar-refractivity contribution in [3.8, 4) is 0 Å². The van der Waals surface area contributed by atoms with Crippen LogP contribution in [0.15, 0.2) is 35.1 Å². The van der Waals surface area contributed by atoms with Crippen LogP contribution in [0, 0.1) is 5.92 Å². The van der Waals surface area contributed by atoms with Crippen molar-refractivity contribution in [1.29, 1.82) is 0 Å². The molecule has 3 aromatic heterocycles. The Labute approximate surface area is 152 Å². The Morgan fingerprint density at radius 1 is 1.38 bits per heavy atom. The van der Waals surface area contributed by atoms with E-state index in [2.05, 4.69) is 29.1 Å². The molecule has 1 aliphatic rings. The van der Waals surface area contributed by atoms with E-state index in [1.165, 1.54) is 0 Å². The molecule has 0 N–H and O–H groups in total. The van der Waals surface area contributed by atoms with E-state index in [4.69, 9.17) is 4.52 Å². The lowest BCUT2D eigenvalue weighted by Crippen LogP contribution is -2.39. The van der Waals surface area contributed by atoms with Crippen LogP contribution >= 0.6 is 0 Å². The van der Waals surface area contributed by atoms with Crippen LogP contribution in [0.1, 0.15) is 54.7 Å². The molecule has 0 radical (unpaired) electrons. The summed E-state index contributed by atoms with van der Waals surface area (Å²) in [5.41, 5.74) is 1.60. The highest BCUT2D eigenvalue weighted by Crippen LogP contribution is 2.27. The summed E-state index contributed by atoms with van der Waals surface area (Å²) in [4.78, 5) is 19.4. The van der Waals surface area contributed by atoms with Gasteiger partial charge < -0.3 is 9.42 Å². The second kappa shape index (κ2) is 6.90. The zero-order valence-electron chi connectivity index (χ0n) is 15.1. The fourth-order valence-corrected chi connectivity index (χ4v) is 3.48. The molecule has 0 aliphatic carbocycles. The first kappa shape index (κ1) is 16.8. The van der Waals surface area contributed by atoms with Crippen LogP contribution in [0.2, 0.25) is 0 Å². The maximum Gasteiger partial charge on any atom is 0.254 e. The van der Waals surface area contributed by atoms with E-state index in [0.717, 1.165) is 37.1 Å². The molecule has 7 heteroatoms. The number of amides is 1. The molecular formula is C19H23N5O2. The molecule has 1 aliphatic heterocycles. The molecule has 0 bridgehead atoms. The van der Waals surface area contributed by atoms with E-state index < -0.39 is 0 Å². The van der Waals surface area contributed by atoms with Crippen molar-refractivity contribution in [2.45, 2.75) is 39.0 Å². The monoisotopic (exact) mass is 353 g/mol. The molecule has 1 atom stereocenters. The van der Waals surface area contributed by atoms with Crippen molar-refractivity contribution >= 4 is 11.4 Å².